The quantitative estimate of drug-likeness (QED) is 0.520. The van der Waals surface area contributed by atoms with E-state index in [1.54, 1.807) is 52.9 Å². The number of nitrogens with zero attached hydrogens (tertiary/aromatic N) is 5. The van der Waals surface area contributed by atoms with Crippen LogP contribution in [0.4, 0.5) is 0 Å². The average Bonchev–Trinajstić information content (AvgIpc) is 3.09. The van der Waals surface area contributed by atoms with Gasteiger partial charge < -0.3 is 10.2 Å². The molecule has 4 aromatic rings. The normalized spacial score (nSPS) is 15.2. The molecule has 1 unspecified atom stereocenters. The number of carboxylic acid groups (broad SMARTS) is 1. The molecule has 9 heteroatoms. The van der Waals surface area contributed by atoms with Gasteiger partial charge >= 0.3 is 5.97 Å². The van der Waals surface area contributed by atoms with Crippen molar-refractivity contribution in [2.24, 2.45) is 0 Å². The van der Waals surface area contributed by atoms with Gasteiger partial charge in [0.25, 0.3) is 0 Å². The van der Waals surface area contributed by atoms with Crippen LogP contribution in [0.5, 0.6) is 0 Å². The Balaban J connectivity index is 1.43. The number of carboxylic acids is 1. The van der Waals surface area contributed by atoms with E-state index in [-0.39, 0.29) is 5.56 Å². The Bertz CT molecular complexity index is 1170. The van der Waals surface area contributed by atoms with Gasteiger partial charge in [-0.15, -0.1) is 16.4 Å². The van der Waals surface area contributed by atoms with Crippen molar-refractivity contribution in [1.82, 2.24) is 24.4 Å². The molecule has 0 bridgehead atoms. The molecule has 142 valence electrons. The molecule has 1 aliphatic rings. The number of hydrogen-bond acceptors (Lipinski definition) is 6. The van der Waals surface area contributed by atoms with Gasteiger partial charge in [0.05, 0.1) is 30.2 Å². The third kappa shape index (κ3) is 2.98. The zero-order valence-electron chi connectivity index (χ0n) is 14.8. The molecule has 1 aliphatic carbocycles. The zero-order chi connectivity index (χ0) is 19.3. The smallest absolute Gasteiger partial charge is 0.335 e. The standard InChI is InChI=1S/C19H17N5O3S/c25-17(16-18(12-4-5-12)28-15-7-20-10-24(15)16)14-9-23(22-21-14)8-11-2-1-3-13(6-11)19(26)27/h1-3,6-7,9-10,12,17,25H,4-5,8H2,(H,26,27). The predicted octanol–water partition coefficient (Wildman–Crippen LogP) is 2.69. The Hall–Kier alpha value is -3.04. The van der Waals surface area contributed by atoms with Gasteiger partial charge in [-0.1, -0.05) is 17.3 Å². The number of aromatic carboxylic acids is 1. The number of carbonyl (C=O) groups is 1. The molecule has 1 atom stereocenters. The molecule has 5 rings (SSSR count). The molecule has 2 N–H and O–H groups in total. The average molecular weight is 395 g/mol. The van der Waals surface area contributed by atoms with E-state index in [2.05, 4.69) is 15.3 Å². The fraction of sp³-hybridized carbons (Fsp3) is 0.263. The molecule has 3 heterocycles. The van der Waals surface area contributed by atoms with Crippen molar-refractivity contribution in [2.45, 2.75) is 31.4 Å². The van der Waals surface area contributed by atoms with Crippen molar-refractivity contribution in [3.63, 3.8) is 0 Å². The Morgan fingerprint density at radius 1 is 1.36 bits per heavy atom. The van der Waals surface area contributed by atoms with Crippen LogP contribution in [-0.4, -0.2) is 40.6 Å². The van der Waals surface area contributed by atoms with Gasteiger partial charge in [0.2, 0.25) is 0 Å². The second-order valence-corrected chi connectivity index (χ2v) is 8.04. The topological polar surface area (TPSA) is 106 Å². The molecule has 3 aromatic heterocycles. The van der Waals surface area contributed by atoms with Crippen LogP contribution in [0.3, 0.4) is 0 Å². The highest BCUT2D eigenvalue weighted by Crippen LogP contribution is 2.47. The molecule has 0 amide bonds. The van der Waals surface area contributed by atoms with Crippen LogP contribution in [0.15, 0.2) is 43.0 Å². The summed E-state index contributed by atoms with van der Waals surface area (Å²) < 4.78 is 3.53. The summed E-state index contributed by atoms with van der Waals surface area (Å²) in [6, 6.07) is 6.70. The van der Waals surface area contributed by atoms with Gasteiger partial charge in [0, 0.05) is 4.88 Å². The SMILES string of the molecule is O=C(O)c1cccc(Cn2cc(C(O)c3c(C4CC4)sc4cncn34)nn2)c1. The fourth-order valence-corrected chi connectivity index (χ4v) is 4.67. The molecular formula is C19H17N5O3S. The highest BCUT2D eigenvalue weighted by Gasteiger charge is 2.33. The van der Waals surface area contributed by atoms with Gasteiger partial charge in [-0.05, 0) is 36.5 Å². The number of aliphatic hydroxyl groups excluding tert-OH is 1. The number of imidazole rings is 1. The maximum atomic E-state index is 11.1. The molecule has 1 aromatic carbocycles. The van der Waals surface area contributed by atoms with E-state index in [9.17, 15) is 9.90 Å². The van der Waals surface area contributed by atoms with Crippen molar-refractivity contribution >= 4 is 22.1 Å². The summed E-state index contributed by atoms with van der Waals surface area (Å²) in [6.45, 7) is 0.375. The molecular weight excluding hydrogens is 378 g/mol. The van der Waals surface area contributed by atoms with E-state index >= 15 is 0 Å². The van der Waals surface area contributed by atoms with E-state index < -0.39 is 12.1 Å². The van der Waals surface area contributed by atoms with Crippen LogP contribution in [0.25, 0.3) is 4.83 Å². The maximum Gasteiger partial charge on any atom is 0.335 e. The van der Waals surface area contributed by atoms with Crippen LogP contribution in [0, 0.1) is 0 Å². The molecule has 1 saturated carbocycles. The lowest BCUT2D eigenvalue weighted by atomic mass is 10.1. The highest BCUT2D eigenvalue weighted by molar-refractivity contribution is 7.17. The summed E-state index contributed by atoms with van der Waals surface area (Å²) in [5, 5.41) is 28.4. The van der Waals surface area contributed by atoms with Crippen LogP contribution >= 0.6 is 11.3 Å². The summed E-state index contributed by atoms with van der Waals surface area (Å²) in [4.78, 5) is 17.5. The van der Waals surface area contributed by atoms with Gasteiger partial charge in [-0.3, -0.25) is 4.40 Å². The first-order chi connectivity index (χ1) is 13.6. The van der Waals surface area contributed by atoms with Gasteiger partial charge in [-0.2, -0.15) is 0 Å². The summed E-state index contributed by atoms with van der Waals surface area (Å²) >= 11 is 1.67. The van der Waals surface area contributed by atoms with Crippen molar-refractivity contribution in [2.75, 3.05) is 0 Å². The number of hydrogen-bond donors (Lipinski definition) is 2. The Labute approximate surface area is 163 Å². The number of benzene rings is 1. The summed E-state index contributed by atoms with van der Waals surface area (Å²) in [7, 11) is 0. The minimum Gasteiger partial charge on any atom is -0.478 e. The Morgan fingerprint density at radius 3 is 3.00 bits per heavy atom. The Kier molecular flexibility index (Phi) is 3.99. The first-order valence-electron chi connectivity index (χ1n) is 8.95. The van der Waals surface area contributed by atoms with E-state index in [0.29, 0.717) is 18.2 Å². The first-order valence-corrected chi connectivity index (χ1v) is 9.77. The highest BCUT2D eigenvalue weighted by atomic mass is 32.1. The van der Waals surface area contributed by atoms with Crippen molar-refractivity contribution in [3.05, 3.63) is 70.4 Å². The van der Waals surface area contributed by atoms with Crippen LogP contribution in [-0.2, 0) is 6.54 Å². The first kappa shape index (κ1) is 17.1. The molecule has 0 aliphatic heterocycles. The maximum absolute atomic E-state index is 11.1. The molecule has 1 fully saturated rings. The molecule has 0 radical (unpaired) electrons. The number of aliphatic hydroxyl groups is 1. The number of fused-ring (bicyclic) bond motifs is 1. The minimum atomic E-state index is -0.967. The largest absolute Gasteiger partial charge is 0.478 e. The summed E-state index contributed by atoms with van der Waals surface area (Å²) in [6.07, 6.45) is 6.62. The molecule has 0 spiro atoms. The fourth-order valence-electron chi connectivity index (χ4n) is 3.37. The number of rotatable bonds is 6. The molecule has 0 saturated heterocycles. The monoisotopic (exact) mass is 395 g/mol. The summed E-state index contributed by atoms with van der Waals surface area (Å²) in [5.74, 6) is -0.464. The van der Waals surface area contributed by atoms with Crippen molar-refractivity contribution in [1.29, 1.82) is 0 Å². The lowest BCUT2D eigenvalue weighted by molar-refractivity contribution is 0.0696. The van der Waals surface area contributed by atoms with Crippen LogP contribution < -0.4 is 0 Å². The molecule has 28 heavy (non-hydrogen) atoms. The van der Waals surface area contributed by atoms with Crippen LogP contribution in [0.2, 0.25) is 0 Å². The van der Waals surface area contributed by atoms with Gasteiger partial charge in [0.1, 0.15) is 23.0 Å². The Morgan fingerprint density at radius 2 is 2.21 bits per heavy atom. The van der Waals surface area contributed by atoms with Gasteiger partial charge in [-0.25, -0.2) is 14.5 Å². The number of aromatic nitrogens is 5. The second-order valence-electron chi connectivity index (χ2n) is 6.98. The van der Waals surface area contributed by atoms with Gasteiger partial charge in [0.15, 0.2) is 0 Å². The van der Waals surface area contributed by atoms with Crippen molar-refractivity contribution in [3.8, 4) is 0 Å². The van der Waals surface area contributed by atoms with E-state index in [1.165, 1.54) is 4.88 Å². The second kappa shape index (κ2) is 6.54. The number of thiazole rings is 1. The summed E-state index contributed by atoms with van der Waals surface area (Å²) in [5.41, 5.74) is 2.31. The predicted molar refractivity (Wildman–Crippen MR) is 102 cm³/mol. The lowest BCUT2D eigenvalue weighted by Gasteiger charge is -2.09. The van der Waals surface area contributed by atoms with E-state index in [0.717, 1.165) is 28.9 Å². The zero-order valence-corrected chi connectivity index (χ0v) is 15.6. The third-order valence-electron chi connectivity index (χ3n) is 4.89. The lowest BCUT2D eigenvalue weighted by Crippen LogP contribution is -2.06. The van der Waals surface area contributed by atoms with E-state index in [4.69, 9.17) is 5.11 Å². The van der Waals surface area contributed by atoms with Crippen LogP contribution in [0.1, 0.15) is 57.0 Å². The molecule has 8 nitrogen and oxygen atoms in total. The van der Waals surface area contributed by atoms with Crippen molar-refractivity contribution < 1.29 is 15.0 Å². The third-order valence-corrected chi connectivity index (χ3v) is 6.17. The van der Waals surface area contributed by atoms with E-state index in [1.807, 2.05) is 10.5 Å². The minimum absolute atomic E-state index is 0.229.